The molecular weight excluding hydrogens is 208 g/mol. The van der Waals surface area contributed by atoms with Crippen LogP contribution in [-0.2, 0) is 0 Å². The van der Waals surface area contributed by atoms with Gasteiger partial charge in [-0.25, -0.2) is 0 Å². The van der Waals surface area contributed by atoms with Gasteiger partial charge >= 0.3 is 0 Å². The molecule has 17 heavy (non-hydrogen) atoms. The monoisotopic (exact) mass is 232 g/mol. The lowest BCUT2D eigenvalue weighted by Crippen LogP contribution is -2.30. The van der Waals surface area contributed by atoms with Crippen LogP contribution in [0.5, 0.6) is 0 Å². The number of benzene rings is 1. The number of piperidine rings is 1. The van der Waals surface area contributed by atoms with E-state index in [4.69, 9.17) is 0 Å². The van der Waals surface area contributed by atoms with Crippen LogP contribution in [0.4, 0.5) is 5.69 Å². The van der Waals surface area contributed by atoms with Crippen LogP contribution >= 0.6 is 0 Å². The third kappa shape index (κ3) is 3.74. The van der Waals surface area contributed by atoms with E-state index in [-0.39, 0.29) is 0 Å². The molecule has 0 radical (unpaired) electrons. The summed E-state index contributed by atoms with van der Waals surface area (Å²) in [5.41, 5.74) is 3.98. The molecule has 1 heterocycles. The molecule has 1 aliphatic heterocycles. The van der Waals surface area contributed by atoms with Gasteiger partial charge in [-0.05, 0) is 69.3 Å². The Morgan fingerprint density at radius 1 is 1.35 bits per heavy atom. The summed E-state index contributed by atoms with van der Waals surface area (Å²) in [5.74, 6) is 0.862. The highest BCUT2D eigenvalue weighted by Gasteiger charge is 2.12. The van der Waals surface area contributed by atoms with Crippen molar-refractivity contribution in [3.8, 4) is 0 Å². The van der Waals surface area contributed by atoms with Gasteiger partial charge in [0.1, 0.15) is 0 Å². The van der Waals surface area contributed by atoms with Crippen LogP contribution in [0.1, 0.15) is 30.4 Å². The maximum Gasteiger partial charge on any atom is 0.0372 e. The lowest BCUT2D eigenvalue weighted by Gasteiger charge is -2.23. The minimum atomic E-state index is 0.862. The molecule has 2 rings (SSSR count). The van der Waals surface area contributed by atoms with Crippen molar-refractivity contribution in [2.24, 2.45) is 5.92 Å². The number of nitrogens with one attached hydrogen (secondary N) is 2. The predicted octanol–water partition coefficient (Wildman–Crippen LogP) is 3.11. The summed E-state index contributed by atoms with van der Waals surface area (Å²) in [6.45, 7) is 7.83. The lowest BCUT2D eigenvalue weighted by atomic mass is 9.96. The zero-order chi connectivity index (χ0) is 12.1. The highest BCUT2D eigenvalue weighted by atomic mass is 14.9. The molecule has 2 N–H and O–H groups in total. The van der Waals surface area contributed by atoms with Crippen molar-refractivity contribution in [2.75, 3.05) is 25.0 Å². The van der Waals surface area contributed by atoms with Crippen molar-refractivity contribution >= 4 is 5.69 Å². The first kappa shape index (κ1) is 12.4. The van der Waals surface area contributed by atoms with E-state index in [2.05, 4.69) is 42.7 Å². The molecule has 1 aromatic rings. The average molecular weight is 232 g/mol. The molecule has 1 atom stereocenters. The van der Waals surface area contributed by atoms with E-state index in [0.29, 0.717) is 0 Å². The summed E-state index contributed by atoms with van der Waals surface area (Å²) < 4.78 is 0. The first-order valence-corrected chi connectivity index (χ1v) is 6.77. The van der Waals surface area contributed by atoms with E-state index < -0.39 is 0 Å². The maximum absolute atomic E-state index is 3.57. The normalized spacial score (nSPS) is 20.2. The van der Waals surface area contributed by atoms with Gasteiger partial charge in [0.15, 0.2) is 0 Å². The first-order valence-electron chi connectivity index (χ1n) is 6.77. The van der Waals surface area contributed by atoms with E-state index >= 15 is 0 Å². The van der Waals surface area contributed by atoms with Crippen LogP contribution in [0.2, 0.25) is 0 Å². The summed E-state index contributed by atoms with van der Waals surface area (Å²) in [7, 11) is 0. The van der Waals surface area contributed by atoms with Crippen molar-refractivity contribution in [3.63, 3.8) is 0 Å². The molecule has 2 heteroatoms. The summed E-state index contributed by atoms with van der Waals surface area (Å²) >= 11 is 0. The second kappa shape index (κ2) is 6.06. The third-order valence-corrected chi connectivity index (χ3v) is 3.66. The summed E-state index contributed by atoms with van der Waals surface area (Å²) in [5, 5.41) is 7.05. The Bertz CT molecular complexity index is 354. The third-order valence-electron chi connectivity index (χ3n) is 3.66. The van der Waals surface area contributed by atoms with E-state index in [1.807, 2.05) is 0 Å². The number of hydrogen-bond acceptors (Lipinski definition) is 2. The topological polar surface area (TPSA) is 24.1 Å². The molecule has 2 nitrogen and oxygen atoms in total. The van der Waals surface area contributed by atoms with Gasteiger partial charge in [-0.2, -0.15) is 0 Å². The highest BCUT2D eigenvalue weighted by Crippen LogP contribution is 2.18. The molecule has 0 saturated carbocycles. The van der Waals surface area contributed by atoms with Gasteiger partial charge in [0.2, 0.25) is 0 Å². The summed E-state index contributed by atoms with van der Waals surface area (Å²) in [6.07, 6.45) is 4.01. The van der Waals surface area contributed by atoms with Crippen molar-refractivity contribution in [3.05, 3.63) is 29.3 Å². The zero-order valence-electron chi connectivity index (χ0n) is 11.1. The Kier molecular flexibility index (Phi) is 4.43. The Morgan fingerprint density at radius 3 is 3.00 bits per heavy atom. The molecule has 0 aliphatic carbocycles. The van der Waals surface area contributed by atoms with Crippen LogP contribution in [0, 0.1) is 19.8 Å². The molecule has 0 spiro atoms. The van der Waals surface area contributed by atoms with Crippen molar-refractivity contribution in [1.29, 1.82) is 0 Å². The fourth-order valence-electron chi connectivity index (χ4n) is 2.51. The number of anilines is 1. The van der Waals surface area contributed by atoms with Crippen molar-refractivity contribution in [2.45, 2.75) is 33.1 Å². The quantitative estimate of drug-likeness (QED) is 0.833. The molecule has 1 saturated heterocycles. The minimum absolute atomic E-state index is 0.862. The second-order valence-electron chi connectivity index (χ2n) is 5.25. The number of rotatable bonds is 4. The lowest BCUT2D eigenvalue weighted by molar-refractivity contribution is 0.364. The van der Waals surface area contributed by atoms with Gasteiger partial charge in [0.05, 0.1) is 0 Å². The molecule has 0 bridgehead atoms. The predicted molar refractivity (Wildman–Crippen MR) is 74.6 cm³/mol. The molecule has 1 aliphatic rings. The smallest absolute Gasteiger partial charge is 0.0372 e. The Balaban J connectivity index is 1.79. The fraction of sp³-hybridized carbons (Fsp3) is 0.600. The molecular formula is C15H24N2. The highest BCUT2D eigenvalue weighted by molar-refractivity contribution is 5.52. The average Bonchev–Trinajstić information content (AvgIpc) is 2.35. The van der Waals surface area contributed by atoms with Crippen LogP contribution in [0.3, 0.4) is 0 Å². The first-order chi connectivity index (χ1) is 8.25. The Morgan fingerprint density at radius 2 is 2.24 bits per heavy atom. The number of hydrogen-bond donors (Lipinski definition) is 2. The summed E-state index contributed by atoms with van der Waals surface area (Å²) in [4.78, 5) is 0. The van der Waals surface area contributed by atoms with Crippen LogP contribution in [0.25, 0.3) is 0 Å². The van der Waals surface area contributed by atoms with Gasteiger partial charge in [-0.3, -0.25) is 0 Å². The second-order valence-corrected chi connectivity index (χ2v) is 5.25. The van der Waals surface area contributed by atoms with Gasteiger partial charge in [0, 0.05) is 12.2 Å². The van der Waals surface area contributed by atoms with Crippen molar-refractivity contribution < 1.29 is 0 Å². The van der Waals surface area contributed by atoms with Crippen LogP contribution < -0.4 is 10.6 Å². The summed E-state index contributed by atoms with van der Waals surface area (Å²) in [6, 6.07) is 6.61. The SMILES string of the molecule is Cc1ccc(C)c(NCCC2CCCNC2)c1. The molecule has 94 valence electrons. The fourth-order valence-corrected chi connectivity index (χ4v) is 2.51. The van der Waals surface area contributed by atoms with E-state index in [9.17, 15) is 0 Å². The van der Waals surface area contributed by atoms with Gasteiger partial charge in [-0.1, -0.05) is 12.1 Å². The van der Waals surface area contributed by atoms with Crippen molar-refractivity contribution in [1.82, 2.24) is 5.32 Å². The number of aryl methyl sites for hydroxylation is 2. The zero-order valence-corrected chi connectivity index (χ0v) is 11.1. The van der Waals surface area contributed by atoms with E-state index in [0.717, 1.165) is 12.5 Å². The Labute approximate surface area is 105 Å². The molecule has 0 amide bonds. The maximum atomic E-state index is 3.57. The van der Waals surface area contributed by atoms with Gasteiger partial charge in [0.25, 0.3) is 0 Å². The minimum Gasteiger partial charge on any atom is -0.385 e. The Hall–Kier alpha value is -1.02. The largest absolute Gasteiger partial charge is 0.385 e. The molecule has 1 unspecified atom stereocenters. The molecule has 0 aromatic heterocycles. The van der Waals surface area contributed by atoms with Crippen LogP contribution in [-0.4, -0.2) is 19.6 Å². The van der Waals surface area contributed by atoms with Crippen LogP contribution in [0.15, 0.2) is 18.2 Å². The molecule has 1 fully saturated rings. The van der Waals surface area contributed by atoms with Gasteiger partial charge in [-0.15, -0.1) is 0 Å². The molecule has 1 aromatic carbocycles. The van der Waals surface area contributed by atoms with Gasteiger partial charge < -0.3 is 10.6 Å². The van der Waals surface area contributed by atoms with E-state index in [1.165, 1.54) is 49.2 Å². The van der Waals surface area contributed by atoms with E-state index in [1.54, 1.807) is 0 Å². The standard InChI is InChI=1S/C15H24N2/c1-12-5-6-13(2)15(10-12)17-9-7-14-4-3-8-16-11-14/h5-6,10,14,16-17H,3-4,7-9,11H2,1-2H3.